The summed E-state index contributed by atoms with van der Waals surface area (Å²) in [6.07, 6.45) is 2.02. The molecule has 31 heavy (non-hydrogen) atoms. The zero-order valence-corrected chi connectivity index (χ0v) is 17.9. The predicted octanol–water partition coefficient (Wildman–Crippen LogP) is 3.01. The Hall–Kier alpha value is -3.48. The maximum absolute atomic E-state index is 12.2. The number of nitrogens with zero attached hydrogens (tertiary/aromatic N) is 2. The molecule has 0 unspecified atom stereocenters. The van der Waals surface area contributed by atoms with Crippen LogP contribution in [0, 0.1) is 0 Å². The predicted molar refractivity (Wildman–Crippen MR) is 119 cm³/mol. The molecule has 0 aliphatic heterocycles. The van der Waals surface area contributed by atoms with E-state index in [2.05, 4.69) is 16.9 Å². The van der Waals surface area contributed by atoms with Gasteiger partial charge in [-0.3, -0.25) is 14.4 Å². The number of aromatic amines is 1. The molecule has 1 amide bonds. The molecule has 0 saturated carbocycles. The van der Waals surface area contributed by atoms with Gasteiger partial charge in [-0.15, -0.1) is 0 Å². The Morgan fingerprint density at radius 2 is 1.77 bits per heavy atom. The highest BCUT2D eigenvalue weighted by Gasteiger charge is 2.13. The van der Waals surface area contributed by atoms with Gasteiger partial charge >= 0.3 is 5.97 Å². The second-order valence-corrected chi connectivity index (χ2v) is 7.46. The minimum Gasteiger partial charge on any atom is -0.456 e. The minimum absolute atomic E-state index is 0.145. The summed E-state index contributed by atoms with van der Waals surface area (Å²) >= 11 is 0. The summed E-state index contributed by atoms with van der Waals surface area (Å²) in [6.45, 7) is 2.27. The number of esters is 1. The molecule has 0 bridgehead atoms. The molecular formula is C24H27N3O4. The van der Waals surface area contributed by atoms with E-state index in [9.17, 15) is 14.4 Å². The Kier molecular flexibility index (Phi) is 7.54. The summed E-state index contributed by atoms with van der Waals surface area (Å²) in [6, 6.07) is 15.2. The molecule has 7 heteroatoms. The van der Waals surface area contributed by atoms with Crippen LogP contribution in [0.1, 0.15) is 36.7 Å². The summed E-state index contributed by atoms with van der Waals surface area (Å²) in [5.41, 5.74) is 2.70. The highest BCUT2D eigenvalue weighted by Crippen LogP contribution is 2.09. The van der Waals surface area contributed by atoms with Crippen LogP contribution in [0.2, 0.25) is 0 Å². The van der Waals surface area contributed by atoms with Crippen LogP contribution >= 0.6 is 0 Å². The average molecular weight is 421 g/mol. The van der Waals surface area contributed by atoms with Crippen molar-refractivity contribution in [2.75, 3.05) is 13.7 Å². The second-order valence-electron chi connectivity index (χ2n) is 7.46. The molecule has 0 atom stereocenters. The van der Waals surface area contributed by atoms with Crippen LogP contribution in [-0.2, 0) is 33.7 Å². The molecular weight excluding hydrogens is 394 g/mol. The molecule has 0 saturated heterocycles. The Morgan fingerprint density at radius 1 is 1.06 bits per heavy atom. The number of nitrogens with one attached hydrogen (secondary N) is 1. The molecule has 162 valence electrons. The summed E-state index contributed by atoms with van der Waals surface area (Å²) in [5, 5.41) is 0.537. The van der Waals surface area contributed by atoms with Crippen molar-refractivity contribution in [1.82, 2.24) is 14.9 Å². The van der Waals surface area contributed by atoms with Crippen LogP contribution in [0.5, 0.6) is 0 Å². The third-order valence-electron chi connectivity index (χ3n) is 5.09. The van der Waals surface area contributed by atoms with Crippen molar-refractivity contribution >= 4 is 22.8 Å². The van der Waals surface area contributed by atoms with E-state index >= 15 is 0 Å². The number of hydrogen-bond acceptors (Lipinski definition) is 5. The third-order valence-corrected chi connectivity index (χ3v) is 5.09. The zero-order valence-electron chi connectivity index (χ0n) is 17.9. The lowest BCUT2D eigenvalue weighted by Gasteiger charge is -2.17. The van der Waals surface area contributed by atoms with Gasteiger partial charge in [0.15, 0.2) is 6.61 Å². The first-order valence-electron chi connectivity index (χ1n) is 10.4. The summed E-state index contributed by atoms with van der Waals surface area (Å²) in [5.74, 6) is -0.174. The van der Waals surface area contributed by atoms with Gasteiger partial charge in [0, 0.05) is 26.4 Å². The van der Waals surface area contributed by atoms with E-state index in [1.54, 1.807) is 25.2 Å². The quantitative estimate of drug-likeness (QED) is 0.536. The highest BCUT2D eigenvalue weighted by molar-refractivity contribution is 5.80. The maximum atomic E-state index is 12.2. The van der Waals surface area contributed by atoms with Crippen LogP contribution < -0.4 is 5.56 Å². The number of carbonyl (C=O) groups excluding carboxylic acids is 2. The van der Waals surface area contributed by atoms with Gasteiger partial charge in [0.25, 0.3) is 11.5 Å². The number of H-pyrrole nitrogens is 1. The van der Waals surface area contributed by atoms with E-state index in [-0.39, 0.29) is 24.5 Å². The van der Waals surface area contributed by atoms with Crippen molar-refractivity contribution < 1.29 is 14.3 Å². The van der Waals surface area contributed by atoms with Crippen LogP contribution in [0.25, 0.3) is 10.9 Å². The topological polar surface area (TPSA) is 92.4 Å². The fraction of sp³-hybridized carbons (Fsp3) is 0.333. The smallest absolute Gasteiger partial charge is 0.306 e. The van der Waals surface area contributed by atoms with Gasteiger partial charge in [0.05, 0.1) is 10.9 Å². The number of hydrogen-bond donors (Lipinski definition) is 1. The van der Waals surface area contributed by atoms with Crippen molar-refractivity contribution in [3.63, 3.8) is 0 Å². The highest BCUT2D eigenvalue weighted by atomic mass is 16.5. The van der Waals surface area contributed by atoms with E-state index in [1.165, 1.54) is 10.5 Å². The van der Waals surface area contributed by atoms with Gasteiger partial charge < -0.3 is 14.6 Å². The monoisotopic (exact) mass is 421 g/mol. The van der Waals surface area contributed by atoms with E-state index in [0.29, 0.717) is 36.1 Å². The number of rotatable bonds is 9. The van der Waals surface area contributed by atoms with Gasteiger partial charge in [0.2, 0.25) is 0 Å². The number of amides is 1. The van der Waals surface area contributed by atoms with Crippen LogP contribution in [0.15, 0.2) is 53.3 Å². The number of fused-ring (bicyclic) bond motifs is 1. The molecule has 3 aromatic rings. The number of aromatic nitrogens is 2. The number of likely N-dealkylation sites (N-methyl/N-ethyl adjacent to an activating group) is 1. The lowest BCUT2D eigenvalue weighted by Crippen LogP contribution is -2.30. The van der Waals surface area contributed by atoms with Crippen molar-refractivity contribution in [3.05, 3.63) is 75.8 Å². The normalized spacial score (nSPS) is 10.8. The second kappa shape index (κ2) is 10.5. The molecule has 0 aliphatic rings. The van der Waals surface area contributed by atoms with Crippen molar-refractivity contribution in [1.29, 1.82) is 0 Å². The van der Waals surface area contributed by atoms with Crippen LogP contribution in [0.4, 0.5) is 0 Å². The first kappa shape index (κ1) is 22.2. The SMILES string of the molecule is CCc1ccc(CN(C)C(=O)COC(=O)CCCc2nc3ccccc3c(=O)[nH]2)cc1. The first-order valence-corrected chi connectivity index (χ1v) is 10.4. The number of carbonyl (C=O) groups is 2. The van der Waals surface area contributed by atoms with Crippen molar-refractivity contribution in [2.45, 2.75) is 39.2 Å². The molecule has 2 aromatic carbocycles. The molecule has 1 N–H and O–H groups in total. The third kappa shape index (κ3) is 6.25. The molecule has 0 radical (unpaired) electrons. The largest absolute Gasteiger partial charge is 0.456 e. The van der Waals surface area contributed by atoms with Gasteiger partial charge in [-0.05, 0) is 36.1 Å². The minimum atomic E-state index is -0.447. The number of benzene rings is 2. The van der Waals surface area contributed by atoms with Crippen LogP contribution in [0.3, 0.4) is 0 Å². The van der Waals surface area contributed by atoms with Gasteiger partial charge in [-0.2, -0.15) is 0 Å². The van der Waals surface area contributed by atoms with Gasteiger partial charge in [0.1, 0.15) is 5.82 Å². The van der Waals surface area contributed by atoms with Gasteiger partial charge in [-0.1, -0.05) is 43.3 Å². The fourth-order valence-corrected chi connectivity index (χ4v) is 3.22. The Bertz CT molecular complexity index is 1110. The molecule has 7 nitrogen and oxygen atoms in total. The van der Waals surface area contributed by atoms with Crippen molar-refractivity contribution in [2.24, 2.45) is 0 Å². The first-order chi connectivity index (χ1) is 15.0. The van der Waals surface area contributed by atoms with Crippen LogP contribution in [-0.4, -0.2) is 40.4 Å². The number of aryl methyl sites for hydroxylation is 2. The van der Waals surface area contributed by atoms with E-state index in [1.807, 2.05) is 30.3 Å². The molecule has 0 spiro atoms. The Balaban J connectivity index is 1.41. The van der Waals surface area contributed by atoms with Gasteiger partial charge in [-0.25, -0.2) is 4.98 Å². The summed E-state index contributed by atoms with van der Waals surface area (Å²) < 4.78 is 5.11. The lowest BCUT2D eigenvalue weighted by molar-refractivity contribution is -0.151. The maximum Gasteiger partial charge on any atom is 0.306 e. The molecule has 1 heterocycles. The van der Waals surface area contributed by atoms with E-state index in [0.717, 1.165) is 12.0 Å². The average Bonchev–Trinajstić information content (AvgIpc) is 2.78. The van der Waals surface area contributed by atoms with Crippen molar-refractivity contribution in [3.8, 4) is 0 Å². The number of para-hydroxylation sites is 1. The zero-order chi connectivity index (χ0) is 22.2. The number of ether oxygens (including phenoxy) is 1. The summed E-state index contributed by atoms with van der Waals surface area (Å²) in [4.78, 5) is 45.0. The Labute approximate surface area is 181 Å². The molecule has 1 aromatic heterocycles. The van der Waals surface area contributed by atoms with E-state index in [4.69, 9.17) is 4.74 Å². The Morgan fingerprint density at radius 3 is 2.52 bits per heavy atom. The standard InChI is InChI=1S/C24H27N3O4/c1-3-17-11-13-18(14-12-17)15-27(2)22(28)16-31-23(29)10-6-9-21-25-20-8-5-4-7-19(20)24(30)26-21/h4-5,7-8,11-14H,3,6,9-10,15-16H2,1-2H3,(H,25,26,30). The molecule has 0 aliphatic carbocycles. The lowest BCUT2D eigenvalue weighted by atomic mass is 10.1. The van der Waals surface area contributed by atoms with E-state index < -0.39 is 5.97 Å². The molecule has 0 fully saturated rings. The molecule has 3 rings (SSSR count). The fourth-order valence-electron chi connectivity index (χ4n) is 3.22. The summed E-state index contributed by atoms with van der Waals surface area (Å²) in [7, 11) is 1.69.